The normalized spacial score (nSPS) is 15.0. The lowest BCUT2D eigenvalue weighted by Crippen LogP contribution is -2.29. The van der Waals surface area contributed by atoms with Gasteiger partial charge in [0, 0.05) is 22.3 Å². The van der Waals surface area contributed by atoms with Crippen LogP contribution in [0.3, 0.4) is 0 Å². The van der Waals surface area contributed by atoms with Crippen LogP contribution < -0.4 is 15.1 Å². The van der Waals surface area contributed by atoms with E-state index < -0.39 is 16.9 Å². The Labute approximate surface area is 195 Å². The molecule has 1 amide bonds. The quantitative estimate of drug-likeness (QED) is 0.277. The second-order valence-corrected chi connectivity index (χ2v) is 8.35. The summed E-state index contributed by atoms with van der Waals surface area (Å²) in [4.78, 5) is 39.2. The number of hydrogen-bond acceptors (Lipinski definition) is 6. The largest absolute Gasteiger partial charge is 0.497 e. The zero-order chi connectivity index (χ0) is 23.3. The fraction of sp³-hybridized carbons (Fsp3) is 0.0833. The molecule has 3 aromatic carbocycles. The number of fused-ring (bicyclic) bond motifs is 2. The molecule has 1 atom stereocenters. The predicted octanol–water partition coefficient (Wildman–Crippen LogP) is 5.22. The van der Waals surface area contributed by atoms with E-state index in [4.69, 9.17) is 9.15 Å². The zero-order valence-electron chi connectivity index (χ0n) is 17.2. The molecule has 33 heavy (non-hydrogen) atoms. The van der Waals surface area contributed by atoms with E-state index >= 15 is 0 Å². The molecular weight excluding hydrogens is 492 g/mol. The Morgan fingerprint density at radius 1 is 1.03 bits per heavy atom. The summed E-state index contributed by atoms with van der Waals surface area (Å²) in [7, 11) is 1.54. The maximum atomic E-state index is 13.6. The van der Waals surface area contributed by atoms with Gasteiger partial charge in [-0.3, -0.25) is 24.6 Å². The maximum Gasteiger partial charge on any atom is 0.295 e. The third-order valence-corrected chi connectivity index (χ3v) is 6.10. The van der Waals surface area contributed by atoms with Crippen LogP contribution in [0.25, 0.3) is 11.0 Å². The highest BCUT2D eigenvalue weighted by Crippen LogP contribution is 2.42. The van der Waals surface area contributed by atoms with Gasteiger partial charge in [0.2, 0.25) is 5.76 Å². The van der Waals surface area contributed by atoms with E-state index in [1.165, 1.54) is 24.1 Å². The molecule has 1 unspecified atom stereocenters. The first kappa shape index (κ1) is 20.9. The minimum absolute atomic E-state index is 0.0472. The minimum Gasteiger partial charge on any atom is -0.497 e. The topological polar surface area (TPSA) is 103 Å². The Morgan fingerprint density at radius 3 is 2.36 bits per heavy atom. The number of nitro groups is 1. The summed E-state index contributed by atoms with van der Waals surface area (Å²) in [6.07, 6.45) is 0. The van der Waals surface area contributed by atoms with Gasteiger partial charge in [-0.2, -0.15) is 0 Å². The van der Waals surface area contributed by atoms with Crippen LogP contribution in [-0.4, -0.2) is 17.9 Å². The van der Waals surface area contributed by atoms with Gasteiger partial charge in [-0.15, -0.1) is 0 Å². The number of non-ortho nitro benzene ring substituents is 1. The smallest absolute Gasteiger partial charge is 0.295 e. The number of anilines is 1. The van der Waals surface area contributed by atoms with Crippen molar-refractivity contribution in [2.75, 3.05) is 12.0 Å². The molecule has 0 N–H and O–H groups in total. The Morgan fingerprint density at radius 2 is 1.73 bits per heavy atom. The number of hydrogen-bond donors (Lipinski definition) is 0. The molecule has 0 bridgehead atoms. The van der Waals surface area contributed by atoms with Gasteiger partial charge >= 0.3 is 0 Å². The summed E-state index contributed by atoms with van der Waals surface area (Å²) < 4.78 is 11.8. The monoisotopic (exact) mass is 506 g/mol. The molecule has 0 aliphatic carbocycles. The first-order valence-electron chi connectivity index (χ1n) is 9.87. The van der Waals surface area contributed by atoms with Gasteiger partial charge in [0.15, 0.2) is 5.43 Å². The van der Waals surface area contributed by atoms with Gasteiger partial charge in [0.05, 0.1) is 29.0 Å². The third-order valence-electron chi connectivity index (χ3n) is 5.60. The van der Waals surface area contributed by atoms with Crippen LogP contribution in [0.4, 0.5) is 11.4 Å². The summed E-state index contributed by atoms with van der Waals surface area (Å²) in [6.45, 7) is 0. The number of ether oxygens (including phenoxy) is 1. The number of carbonyl (C=O) groups is 1. The van der Waals surface area contributed by atoms with E-state index in [1.54, 1.807) is 54.6 Å². The fourth-order valence-corrected chi connectivity index (χ4v) is 4.41. The van der Waals surface area contributed by atoms with Gasteiger partial charge in [-0.1, -0.05) is 15.9 Å². The highest BCUT2D eigenvalue weighted by atomic mass is 79.9. The molecule has 1 aliphatic heterocycles. The lowest BCUT2D eigenvalue weighted by atomic mass is 9.98. The molecule has 164 valence electrons. The van der Waals surface area contributed by atoms with Gasteiger partial charge in [0.1, 0.15) is 11.3 Å². The summed E-state index contributed by atoms with van der Waals surface area (Å²) >= 11 is 3.37. The van der Waals surface area contributed by atoms with Crippen molar-refractivity contribution in [3.63, 3.8) is 0 Å². The highest BCUT2D eigenvalue weighted by Gasteiger charge is 2.43. The summed E-state index contributed by atoms with van der Waals surface area (Å²) in [5, 5.41) is 11.5. The van der Waals surface area contributed by atoms with Crippen LogP contribution in [0.5, 0.6) is 5.75 Å². The molecule has 9 heteroatoms. The molecule has 5 rings (SSSR count). The average Bonchev–Trinajstić information content (AvgIpc) is 3.12. The van der Waals surface area contributed by atoms with Gasteiger partial charge in [0.25, 0.3) is 11.6 Å². The van der Waals surface area contributed by atoms with Crippen LogP contribution in [0.2, 0.25) is 0 Å². The lowest BCUT2D eigenvalue weighted by Gasteiger charge is -2.25. The molecule has 2 heterocycles. The average molecular weight is 507 g/mol. The van der Waals surface area contributed by atoms with Crippen LogP contribution >= 0.6 is 15.9 Å². The van der Waals surface area contributed by atoms with E-state index in [2.05, 4.69) is 15.9 Å². The van der Waals surface area contributed by atoms with Crippen LogP contribution in [0.15, 0.2) is 80.4 Å². The number of methoxy groups -OCH3 is 1. The van der Waals surface area contributed by atoms with E-state index in [0.29, 0.717) is 32.4 Å². The van der Waals surface area contributed by atoms with Crippen LogP contribution in [0.1, 0.15) is 27.7 Å². The van der Waals surface area contributed by atoms with Gasteiger partial charge in [-0.05, 0) is 60.2 Å². The Bertz CT molecular complexity index is 1480. The van der Waals surface area contributed by atoms with Crippen molar-refractivity contribution in [1.29, 1.82) is 0 Å². The second-order valence-electron chi connectivity index (χ2n) is 7.44. The standard InChI is InChI=1S/C24H15BrN2O6/c1-32-17-9-7-15(8-10-17)26-21(13-2-5-16(6-3-13)27(30)31)20-22(28)18-12-14(25)4-11-19(18)33-23(20)24(26)29/h2-12,21H,1H3. The Hall–Kier alpha value is -3.98. The number of carbonyl (C=O) groups excluding carboxylic acids is 1. The first-order valence-corrected chi connectivity index (χ1v) is 10.7. The molecule has 8 nitrogen and oxygen atoms in total. The predicted molar refractivity (Wildman–Crippen MR) is 125 cm³/mol. The van der Waals surface area contributed by atoms with Gasteiger partial charge in [-0.25, -0.2) is 0 Å². The van der Waals surface area contributed by atoms with Crippen molar-refractivity contribution < 1.29 is 18.9 Å². The van der Waals surface area contributed by atoms with Crippen LogP contribution in [0, 0.1) is 10.1 Å². The third kappa shape index (κ3) is 3.37. The lowest BCUT2D eigenvalue weighted by molar-refractivity contribution is -0.384. The Kier molecular flexibility index (Phi) is 4.98. The highest BCUT2D eigenvalue weighted by molar-refractivity contribution is 9.10. The molecule has 0 spiro atoms. The zero-order valence-corrected chi connectivity index (χ0v) is 18.7. The number of benzene rings is 3. The van der Waals surface area contributed by atoms with Crippen molar-refractivity contribution in [2.45, 2.75) is 6.04 Å². The Balaban J connectivity index is 1.76. The minimum atomic E-state index is -0.818. The van der Waals surface area contributed by atoms with Crippen molar-refractivity contribution in [2.24, 2.45) is 0 Å². The summed E-state index contributed by atoms with van der Waals surface area (Å²) in [5.74, 6) is 0.0917. The van der Waals surface area contributed by atoms with E-state index in [9.17, 15) is 19.7 Å². The van der Waals surface area contributed by atoms with E-state index in [0.717, 1.165) is 0 Å². The number of rotatable bonds is 4. The van der Waals surface area contributed by atoms with Crippen molar-refractivity contribution in [1.82, 2.24) is 0 Å². The summed E-state index contributed by atoms with van der Waals surface area (Å²) in [6, 6.07) is 16.8. The van der Waals surface area contributed by atoms with Crippen molar-refractivity contribution in [3.05, 3.63) is 108 Å². The molecule has 0 saturated heterocycles. The number of halogens is 1. The molecular formula is C24H15BrN2O6. The summed E-state index contributed by atoms with van der Waals surface area (Å²) in [5.41, 5.74) is 1.14. The first-order chi connectivity index (χ1) is 15.9. The number of nitro benzene ring substituents is 1. The molecule has 4 aromatic rings. The number of amides is 1. The van der Waals surface area contributed by atoms with Crippen LogP contribution in [-0.2, 0) is 0 Å². The molecule has 1 aliphatic rings. The molecule has 1 aromatic heterocycles. The van der Waals surface area contributed by atoms with Gasteiger partial charge < -0.3 is 9.15 Å². The SMILES string of the molecule is COc1ccc(N2C(=O)c3oc4ccc(Br)cc4c(=O)c3C2c2ccc([N+](=O)[O-])cc2)cc1. The molecule has 0 saturated carbocycles. The number of nitrogens with zero attached hydrogens (tertiary/aromatic N) is 2. The molecule has 0 fully saturated rings. The fourth-order valence-electron chi connectivity index (χ4n) is 4.05. The molecule has 0 radical (unpaired) electrons. The van der Waals surface area contributed by atoms with E-state index in [-0.39, 0.29) is 22.4 Å². The van der Waals surface area contributed by atoms with Crippen molar-refractivity contribution >= 4 is 44.2 Å². The van der Waals surface area contributed by atoms with Crippen molar-refractivity contribution in [3.8, 4) is 5.75 Å². The maximum absolute atomic E-state index is 13.6. The van der Waals surface area contributed by atoms with E-state index in [1.807, 2.05) is 0 Å². The second kappa shape index (κ2) is 7.86.